The summed E-state index contributed by atoms with van der Waals surface area (Å²) in [6.07, 6.45) is -2.96. The molecule has 1 aromatic rings. The molecule has 0 spiro atoms. The lowest BCUT2D eigenvalue weighted by molar-refractivity contribution is 0.143. The lowest BCUT2D eigenvalue weighted by Crippen LogP contribution is -2.00. The van der Waals surface area contributed by atoms with Crippen molar-refractivity contribution in [1.82, 2.24) is 4.98 Å². The first-order chi connectivity index (χ1) is 5.52. The van der Waals surface area contributed by atoms with Crippen LogP contribution < -0.4 is 0 Å². The standard InChI is InChI=1S/C6H2F4IN/c7-2-1-3(8)12-5(4(2)11)6(9)10/h1,6H. The van der Waals surface area contributed by atoms with Crippen LogP contribution in [0.3, 0.4) is 0 Å². The van der Waals surface area contributed by atoms with Gasteiger partial charge in [0.15, 0.2) is 0 Å². The van der Waals surface area contributed by atoms with Gasteiger partial charge in [-0.2, -0.15) is 4.39 Å². The van der Waals surface area contributed by atoms with Gasteiger partial charge >= 0.3 is 0 Å². The van der Waals surface area contributed by atoms with E-state index in [2.05, 4.69) is 4.98 Å². The van der Waals surface area contributed by atoms with Gasteiger partial charge < -0.3 is 0 Å². The molecular weight excluding hydrogens is 289 g/mol. The molecule has 0 amide bonds. The first-order valence-electron chi connectivity index (χ1n) is 2.82. The normalized spacial score (nSPS) is 10.8. The zero-order valence-corrected chi connectivity index (χ0v) is 7.65. The molecule has 1 rings (SSSR count). The molecule has 0 aliphatic heterocycles. The molecule has 0 radical (unpaired) electrons. The Bertz CT molecular complexity index is 302. The lowest BCUT2D eigenvalue weighted by Gasteiger charge is -2.02. The largest absolute Gasteiger partial charge is 0.281 e. The van der Waals surface area contributed by atoms with Gasteiger partial charge in [0, 0.05) is 6.07 Å². The topological polar surface area (TPSA) is 12.9 Å². The monoisotopic (exact) mass is 291 g/mol. The van der Waals surface area contributed by atoms with Gasteiger partial charge in [-0.25, -0.2) is 18.2 Å². The predicted molar refractivity (Wildman–Crippen MR) is 41.8 cm³/mol. The van der Waals surface area contributed by atoms with Crippen LogP contribution in [-0.2, 0) is 0 Å². The van der Waals surface area contributed by atoms with Gasteiger partial charge in [-0.1, -0.05) is 0 Å². The fourth-order valence-corrected chi connectivity index (χ4v) is 1.14. The molecule has 0 atom stereocenters. The van der Waals surface area contributed by atoms with Crippen LogP contribution in [-0.4, -0.2) is 4.98 Å². The lowest BCUT2D eigenvalue weighted by atomic mass is 10.3. The summed E-state index contributed by atoms with van der Waals surface area (Å²) in [5.74, 6) is -2.25. The summed E-state index contributed by atoms with van der Waals surface area (Å²) in [6.45, 7) is 0. The maximum atomic E-state index is 12.6. The predicted octanol–water partition coefficient (Wildman–Crippen LogP) is 2.90. The highest BCUT2D eigenvalue weighted by Crippen LogP contribution is 2.24. The third-order valence-corrected chi connectivity index (χ3v) is 2.18. The number of halogens is 5. The second-order valence-electron chi connectivity index (χ2n) is 1.93. The van der Waals surface area contributed by atoms with E-state index in [1.54, 1.807) is 0 Å². The smallest absolute Gasteiger partial charge is 0.217 e. The number of nitrogens with zero attached hydrogens (tertiary/aromatic N) is 1. The van der Waals surface area contributed by atoms with E-state index in [-0.39, 0.29) is 3.57 Å². The van der Waals surface area contributed by atoms with Crippen LogP contribution in [0.4, 0.5) is 17.6 Å². The van der Waals surface area contributed by atoms with Gasteiger partial charge in [-0.15, -0.1) is 0 Å². The van der Waals surface area contributed by atoms with Crippen molar-refractivity contribution in [2.75, 3.05) is 0 Å². The Morgan fingerprint density at radius 2 is 1.92 bits per heavy atom. The molecular formula is C6H2F4IN. The molecule has 0 fully saturated rings. The Balaban J connectivity index is 3.28. The van der Waals surface area contributed by atoms with Crippen molar-refractivity contribution in [3.63, 3.8) is 0 Å². The molecule has 1 heterocycles. The van der Waals surface area contributed by atoms with Crippen LogP contribution in [0.2, 0.25) is 0 Å². The van der Waals surface area contributed by atoms with Gasteiger partial charge in [-0.3, -0.25) is 0 Å². The number of hydrogen-bond acceptors (Lipinski definition) is 1. The summed E-state index contributed by atoms with van der Waals surface area (Å²) in [6, 6.07) is 0.466. The van der Waals surface area contributed by atoms with Gasteiger partial charge in [0.2, 0.25) is 5.95 Å². The Morgan fingerprint density at radius 1 is 1.33 bits per heavy atom. The van der Waals surface area contributed by atoms with Gasteiger partial charge in [0.05, 0.1) is 3.57 Å². The van der Waals surface area contributed by atoms with Crippen molar-refractivity contribution in [2.45, 2.75) is 6.43 Å². The number of hydrogen-bond donors (Lipinski definition) is 0. The summed E-state index contributed by atoms with van der Waals surface area (Å²) in [4.78, 5) is 2.87. The van der Waals surface area contributed by atoms with Gasteiger partial charge in [-0.05, 0) is 22.6 Å². The van der Waals surface area contributed by atoms with Gasteiger partial charge in [0.25, 0.3) is 6.43 Å². The average Bonchev–Trinajstić information content (AvgIpc) is 1.96. The molecule has 0 aliphatic carbocycles. The number of aromatic nitrogens is 1. The molecule has 0 aliphatic rings. The van der Waals surface area contributed by atoms with Crippen molar-refractivity contribution in [2.24, 2.45) is 0 Å². The number of rotatable bonds is 1. The molecule has 66 valence electrons. The average molecular weight is 291 g/mol. The Kier molecular flexibility index (Phi) is 2.86. The SMILES string of the molecule is Fc1cc(F)c(I)c(C(F)F)n1. The second-order valence-corrected chi connectivity index (χ2v) is 3.01. The van der Waals surface area contributed by atoms with E-state index in [1.807, 2.05) is 0 Å². The van der Waals surface area contributed by atoms with E-state index in [0.29, 0.717) is 6.07 Å². The number of alkyl halides is 2. The maximum absolute atomic E-state index is 12.6. The van der Waals surface area contributed by atoms with E-state index in [0.717, 1.165) is 0 Å². The highest BCUT2D eigenvalue weighted by Gasteiger charge is 2.18. The van der Waals surface area contributed by atoms with E-state index in [4.69, 9.17) is 0 Å². The zero-order chi connectivity index (χ0) is 9.30. The highest BCUT2D eigenvalue weighted by molar-refractivity contribution is 14.1. The van der Waals surface area contributed by atoms with Crippen molar-refractivity contribution in [3.8, 4) is 0 Å². The molecule has 1 nitrogen and oxygen atoms in total. The minimum Gasteiger partial charge on any atom is -0.217 e. The quantitative estimate of drug-likeness (QED) is 0.440. The molecule has 0 saturated heterocycles. The zero-order valence-electron chi connectivity index (χ0n) is 5.49. The highest BCUT2D eigenvalue weighted by atomic mass is 127. The Hall–Kier alpha value is -0.400. The summed E-state index contributed by atoms with van der Waals surface area (Å²) in [5, 5.41) is 0. The molecule has 12 heavy (non-hydrogen) atoms. The van der Waals surface area contributed by atoms with E-state index >= 15 is 0 Å². The Labute approximate surface area is 78.9 Å². The summed E-state index contributed by atoms with van der Waals surface area (Å²) >= 11 is 1.35. The summed E-state index contributed by atoms with van der Waals surface area (Å²) in [5.41, 5.74) is -0.854. The van der Waals surface area contributed by atoms with Crippen LogP contribution >= 0.6 is 22.6 Å². The molecule has 0 bridgehead atoms. The number of pyridine rings is 1. The molecule has 0 saturated carbocycles. The van der Waals surface area contributed by atoms with Crippen molar-refractivity contribution >= 4 is 22.6 Å². The maximum Gasteiger partial charge on any atom is 0.281 e. The van der Waals surface area contributed by atoms with Crippen LogP contribution in [0, 0.1) is 15.3 Å². The molecule has 0 aromatic carbocycles. The van der Waals surface area contributed by atoms with Crippen LogP contribution in [0.25, 0.3) is 0 Å². The van der Waals surface area contributed by atoms with Crippen molar-refractivity contribution in [1.29, 1.82) is 0 Å². The Morgan fingerprint density at radius 3 is 2.42 bits per heavy atom. The van der Waals surface area contributed by atoms with Gasteiger partial charge in [0.1, 0.15) is 11.5 Å². The summed E-state index contributed by atoms with van der Waals surface area (Å²) in [7, 11) is 0. The minimum atomic E-state index is -2.96. The minimum absolute atomic E-state index is 0.344. The molecule has 1 aromatic heterocycles. The van der Waals surface area contributed by atoms with E-state index in [1.165, 1.54) is 22.6 Å². The molecule has 0 N–H and O–H groups in total. The van der Waals surface area contributed by atoms with E-state index in [9.17, 15) is 17.6 Å². The van der Waals surface area contributed by atoms with E-state index < -0.39 is 23.9 Å². The van der Waals surface area contributed by atoms with Crippen molar-refractivity contribution < 1.29 is 17.6 Å². The van der Waals surface area contributed by atoms with Crippen LogP contribution in [0.5, 0.6) is 0 Å². The first kappa shape index (κ1) is 9.69. The van der Waals surface area contributed by atoms with Crippen LogP contribution in [0.15, 0.2) is 6.07 Å². The third kappa shape index (κ3) is 1.85. The third-order valence-electron chi connectivity index (χ3n) is 1.11. The second kappa shape index (κ2) is 3.55. The molecule has 0 unspecified atom stereocenters. The summed E-state index contributed by atoms with van der Waals surface area (Å²) < 4.78 is 48.5. The fraction of sp³-hybridized carbons (Fsp3) is 0.167. The van der Waals surface area contributed by atoms with Crippen LogP contribution in [0.1, 0.15) is 12.1 Å². The van der Waals surface area contributed by atoms with Crippen molar-refractivity contribution in [3.05, 3.63) is 27.1 Å². The molecule has 6 heteroatoms. The fourth-order valence-electron chi connectivity index (χ4n) is 0.631. The first-order valence-corrected chi connectivity index (χ1v) is 3.90.